The predicted molar refractivity (Wildman–Crippen MR) is 113 cm³/mol. The number of piperidine rings is 1. The summed E-state index contributed by atoms with van der Waals surface area (Å²) in [4.78, 5) is 18.3. The molecule has 1 amide bonds. The third-order valence-electron chi connectivity index (χ3n) is 4.26. The molecular formula is C20H29N5O2S. The van der Waals surface area contributed by atoms with Gasteiger partial charge in [-0.25, -0.2) is 9.79 Å². The zero-order valence-electron chi connectivity index (χ0n) is 17.0. The molecule has 0 aromatic heterocycles. The fraction of sp³-hybridized carbons (Fsp3) is 0.550. The SMILES string of the molecule is CSC(=Nc1ccc(CNC2CCN(C(=O)OC(C)(C)C)CC2)cc1)NC#N. The third kappa shape index (κ3) is 7.41. The highest BCUT2D eigenvalue weighted by Crippen LogP contribution is 2.17. The number of nitrogens with one attached hydrogen (secondary N) is 2. The van der Waals surface area contributed by atoms with Gasteiger partial charge in [0.05, 0.1) is 5.69 Å². The van der Waals surface area contributed by atoms with Gasteiger partial charge in [0, 0.05) is 25.7 Å². The summed E-state index contributed by atoms with van der Waals surface area (Å²) in [5, 5.41) is 15.4. The van der Waals surface area contributed by atoms with E-state index in [1.54, 1.807) is 4.90 Å². The Morgan fingerprint density at radius 3 is 2.50 bits per heavy atom. The first-order chi connectivity index (χ1) is 13.3. The molecule has 2 N–H and O–H groups in total. The van der Waals surface area contributed by atoms with Gasteiger partial charge in [-0.1, -0.05) is 23.9 Å². The predicted octanol–water partition coefficient (Wildman–Crippen LogP) is 3.60. The highest BCUT2D eigenvalue weighted by atomic mass is 32.2. The summed E-state index contributed by atoms with van der Waals surface area (Å²) in [6, 6.07) is 8.34. The number of hydrogen-bond acceptors (Lipinski definition) is 6. The van der Waals surface area contributed by atoms with Gasteiger partial charge >= 0.3 is 6.09 Å². The van der Waals surface area contributed by atoms with Gasteiger partial charge in [0.1, 0.15) is 5.60 Å². The normalized spacial score (nSPS) is 15.8. The van der Waals surface area contributed by atoms with Crippen LogP contribution in [0.25, 0.3) is 0 Å². The molecule has 1 saturated heterocycles. The molecule has 7 nitrogen and oxygen atoms in total. The average molecular weight is 404 g/mol. The van der Waals surface area contributed by atoms with E-state index in [-0.39, 0.29) is 6.09 Å². The van der Waals surface area contributed by atoms with Crippen molar-refractivity contribution >= 4 is 28.7 Å². The molecule has 1 aliphatic rings. The van der Waals surface area contributed by atoms with Crippen LogP contribution in [0.3, 0.4) is 0 Å². The molecule has 0 radical (unpaired) electrons. The van der Waals surface area contributed by atoms with Gasteiger partial charge in [-0.2, -0.15) is 5.26 Å². The summed E-state index contributed by atoms with van der Waals surface area (Å²) in [5.74, 6) is 0. The van der Waals surface area contributed by atoms with Gasteiger partial charge < -0.3 is 15.0 Å². The molecule has 2 rings (SSSR count). The summed E-state index contributed by atoms with van der Waals surface area (Å²) >= 11 is 1.39. The zero-order chi connectivity index (χ0) is 20.6. The molecule has 28 heavy (non-hydrogen) atoms. The van der Waals surface area contributed by atoms with Crippen LogP contribution in [0.2, 0.25) is 0 Å². The maximum absolute atomic E-state index is 12.1. The summed E-state index contributed by atoms with van der Waals surface area (Å²) in [6.45, 7) is 7.85. The van der Waals surface area contributed by atoms with Gasteiger partial charge in [-0.3, -0.25) is 5.32 Å². The fourth-order valence-electron chi connectivity index (χ4n) is 2.83. The molecule has 1 aromatic rings. The van der Waals surface area contributed by atoms with E-state index in [0.29, 0.717) is 24.3 Å². The molecular weight excluding hydrogens is 374 g/mol. The Morgan fingerprint density at radius 1 is 1.32 bits per heavy atom. The van der Waals surface area contributed by atoms with E-state index < -0.39 is 5.60 Å². The summed E-state index contributed by atoms with van der Waals surface area (Å²) in [6.07, 6.45) is 5.36. The van der Waals surface area contributed by atoms with Crippen molar-refractivity contribution in [3.8, 4) is 6.19 Å². The summed E-state index contributed by atoms with van der Waals surface area (Å²) in [5.41, 5.74) is 1.53. The monoisotopic (exact) mass is 403 g/mol. The second kappa shape index (κ2) is 10.3. The highest BCUT2D eigenvalue weighted by Gasteiger charge is 2.26. The number of thioether (sulfide) groups is 1. The number of hydrogen-bond donors (Lipinski definition) is 2. The van der Waals surface area contributed by atoms with E-state index >= 15 is 0 Å². The second-order valence-electron chi connectivity index (χ2n) is 7.65. The number of likely N-dealkylation sites (tertiary alicyclic amines) is 1. The van der Waals surface area contributed by atoms with Crippen LogP contribution >= 0.6 is 11.8 Å². The molecule has 0 spiro atoms. The molecule has 0 atom stereocenters. The molecule has 0 bridgehead atoms. The zero-order valence-corrected chi connectivity index (χ0v) is 17.8. The topological polar surface area (TPSA) is 89.8 Å². The minimum absolute atomic E-state index is 0.224. The first-order valence-electron chi connectivity index (χ1n) is 9.39. The minimum atomic E-state index is -0.455. The number of rotatable bonds is 4. The van der Waals surface area contributed by atoms with E-state index in [1.165, 1.54) is 17.3 Å². The van der Waals surface area contributed by atoms with Crippen molar-refractivity contribution in [3.05, 3.63) is 29.8 Å². The number of amidine groups is 1. The van der Waals surface area contributed by atoms with Gasteiger partial charge in [-0.15, -0.1) is 0 Å². The second-order valence-corrected chi connectivity index (χ2v) is 8.44. The average Bonchev–Trinajstić information content (AvgIpc) is 2.66. The van der Waals surface area contributed by atoms with Gasteiger partial charge in [-0.05, 0) is 57.6 Å². The number of nitrogens with zero attached hydrogens (tertiary/aromatic N) is 3. The Kier molecular flexibility index (Phi) is 8.15. The Labute approximate surface area is 171 Å². The molecule has 1 aromatic carbocycles. The first kappa shape index (κ1) is 22.1. The Morgan fingerprint density at radius 2 is 1.96 bits per heavy atom. The number of aliphatic imine (C=N–C) groups is 1. The van der Waals surface area contributed by atoms with Crippen molar-refractivity contribution in [2.75, 3.05) is 19.3 Å². The molecule has 0 aliphatic carbocycles. The Hall–Kier alpha value is -2.24. The number of ether oxygens (including phenoxy) is 1. The molecule has 152 valence electrons. The minimum Gasteiger partial charge on any atom is -0.444 e. The fourth-order valence-corrected chi connectivity index (χ4v) is 3.18. The first-order valence-corrected chi connectivity index (χ1v) is 10.6. The lowest BCUT2D eigenvalue weighted by Crippen LogP contribution is -2.46. The van der Waals surface area contributed by atoms with E-state index in [1.807, 2.05) is 57.5 Å². The summed E-state index contributed by atoms with van der Waals surface area (Å²) < 4.78 is 5.44. The largest absolute Gasteiger partial charge is 0.444 e. The van der Waals surface area contributed by atoms with Crippen molar-refractivity contribution in [3.63, 3.8) is 0 Å². The Balaban J connectivity index is 1.78. The highest BCUT2D eigenvalue weighted by molar-refractivity contribution is 8.13. The standard InChI is InChI=1S/C20H29N5O2S/c1-20(2,3)27-19(26)25-11-9-16(10-12-25)22-13-15-5-7-17(8-6-15)24-18(28-4)23-14-21/h5-8,16,22H,9-13H2,1-4H3,(H,23,24). The molecule has 8 heteroatoms. The van der Waals surface area contributed by atoms with Gasteiger partial charge in [0.2, 0.25) is 0 Å². The lowest BCUT2D eigenvalue weighted by Gasteiger charge is -2.33. The quantitative estimate of drug-likeness (QED) is 0.346. The number of carbonyl (C=O) groups is 1. The number of nitriles is 1. The van der Waals surface area contributed by atoms with Crippen LogP contribution in [-0.4, -0.2) is 47.1 Å². The van der Waals surface area contributed by atoms with E-state index in [9.17, 15) is 4.79 Å². The van der Waals surface area contributed by atoms with Crippen molar-refractivity contribution in [2.45, 2.75) is 51.8 Å². The lowest BCUT2D eigenvalue weighted by molar-refractivity contribution is 0.0198. The lowest BCUT2D eigenvalue weighted by atomic mass is 10.0. The van der Waals surface area contributed by atoms with Crippen molar-refractivity contribution in [1.82, 2.24) is 15.5 Å². The molecule has 0 saturated carbocycles. The number of amides is 1. The van der Waals surface area contributed by atoms with Crippen LogP contribution in [0, 0.1) is 11.5 Å². The van der Waals surface area contributed by atoms with Crippen LogP contribution in [0.1, 0.15) is 39.2 Å². The maximum atomic E-state index is 12.1. The summed E-state index contributed by atoms with van der Waals surface area (Å²) in [7, 11) is 0. The molecule has 1 heterocycles. The van der Waals surface area contributed by atoms with Crippen LogP contribution in [0.15, 0.2) is 29.3 Å². The van der Waals surface area contributed by atoms with Crippen LogP contribution in [-0.2, 0) is 11.3 Å². The van der Waals surface area contributed by atoms with Crippen molar-refractivity contribution in [2.24, 2.45) is 4.99 Å². The van der Waals surface area contributed by atoms with Crippen molar-refractivity contribution < 1.29 is 9.53 Å². The van der Waals surface area contributed by atoms with Crippen LogP contribution in [0.5, 0.6) is 0 Å². The molecule has 0 unspecified atom stereocenters. The maximum Gasteiger partial charge on any atom is 0.410 e. The molecule has 1 fully saturated rings. The van der Waals surface area contributed by atoms with Gasteiger partial charge in [0.15, 0.2) is 11.4 Å². The van der Waals surface area contributed by atoms with E-state index in [0.717, 1.165) is 25.1 Å². The van der Waals surface area contributed by atoms with Crippen LogP contribution < -0.4 is 10.6 Å². The van der Waals surface area contributed by atoms with E-state index in [4.69, 9.17) is 10.00 Å². The van der Waals surface area contributed by atoms with Crippen LogP contribution in [0.4, 0.5) is 10.5 Å². The number of benzene rings is 1. The number of carbonyl (C=O) groups excluding carboxylic acids is 1. The van der Waals surface area contributed by atoms with E-state index in [2.05, 4.69) is 15.6 Å². The molecule has 1 aliphatic heterocycles. The van der Waals surface area contributed by atoms with Gasteiger partial charge in [0.25, 0.3) is 0 Å². The smallest absolute Gasteiger partial charge is 0.410 e. The third-order valence-corrected chi connectivity index (χ3v) is 4.84. The van der Waals surface area contributed by atoms with Crippen molar-refractivity contribution in [1.29, 1.82) is 5.26 Å². The Bertz CT molecular complexity index is 714.